The molecule has 0 unspecified atom stereocenters. The zero-order chi connectivity index (χ0) is 16.9. The highest BCUT2D eigenvalue weighted by molar-refractivity contribution is 5.87. The summed E-state index contributed by atoms with van der Waals surface area (Å²) in [5.74, 6) is -0.171. The SMILES string of the molecule is C=CC(=O)NCc1cnc(-c2ccc(F)cc2)cc1-c1ncco1. The van der Waals surface area contributed by atoms with E-state index in [1.165, 1.54) is 24.5 Å². The molecule has 0 bridgehead atoms. The number of benzene rings is 1. The molecule has 2 heterocycles. The summed E-state index contributed by atoms with van der Waals surface area (Å²) in [5.41, 5.74) is 2.88. The highest BCUT2D eigenvalue weighted by Gasteiger charge is 2.13. The molecule has 2 aromatic heterocycles. The summed E-state index contributed by atoms with van der Waals surface area (Å²) < 4.78 is 18.5. The minimum atomic E-state index is -0.310. The van der Waals surface area contributed by atoms with Gasteiger partial charge in [0.05, 0.1) is 11.9 Å². The molecule has 24 heavy (non-hydrogen) atoms. The molecule has 0 fully saturated rings. The van der Waals surface area contributed by atoms with Gasteiger partial charge in [0, 0.05) is 29.4 Å². The zero-order valence-electron chi connectivity index (χ0n) is 12.7. The van der Waals surface area contributed by atoms with Gasteiger partial charge in [-0.25, -0.2) is 9.37 Å². The van der Waals surface area contributed by atoms with Gasteiger partial charge in [0.2, 0.25) is 11.8 Å². The monoisotopic (exact) mass is 323 g/mol. The number of oxazole rings is 1. The summed E-state index contributed by atoms with van der Waals surface area (Å²) in [6.45, 7) is 3.68. The van der Waals surface area contributed by atoms with E-state index in [-0.39, 0.29) is 18.3 Å². The number of amides is 1. The molecule has 0 aliphatic carbocycles. The van der Waals surface area contributed by atoms with Crippen LogP contribution in [0.4, 0.5) is 4.39 Å². The molecular formula is C18H14FN3O2. The van der Waals surface area contributed by atoms with Crippen LogP contribution >= 0.6 is 0 Å². The van der Waals surface area contributed by atoms with Crippen molar-refractivity contribution in [3.63, 3.8) is 0 Å². The number of hydrogen-bond donors (Lipinski definition) is 1. The van der Waals surface area contributed by atoms with Crippen molar-refractivity contribution in [3.05, 3.63) is 73.0 Å². The van der Waals surface area contributed by atoms with E-state index >= 15 is 0 Å². The number of carbonyl (C=O) groups is 1. The van der Waals surface area contributed by atoms with Crippen molar-refractivity contribution >= 4 is 5.91 Å². The first-order chi connectivity index (χ1) is 11.7. The summed E-state index contributed by atoms with van der Waals surface area (Å²) in [6.07, 6.45) is 5.85. The molecule has 120 valence electrons. The predicted molar refractivity (Wildman–Crippen MR) is 87.2 cm³/mol. The molecule has 5 nitrogen and oxygen atoms in total. The number of nitrogens with zero attached hydrogens (tertiary/aromatic N) is 2. The summed E-state index contributed by atoms with van der Waals surface area (Å²) in [7, 11) is 0. The lowest BCUT2D eigenvalue weighted by atomic mass is 10.0. The van der Waals surface area contributed by atoms with Crippen molar-refractivity contribution in [2.45, 2.75) is 6.54 Å². The molecule has 3 aromatic rings. The Morgan fingerprint density at radius 1 is 1.29 bits per heavy atom. The van der Waals surface area contributed by atoms with Gasteiger partial charge in [-0.2, -0.15) is 0 Å². The van der Waals surface area contributed by atoms with E-state index < -0.39 is 0 Å². The largest absolute Gasteiger partial charge is 0.445 e. The lowest BCUT2D eigenvalue weighted by molar-refractivity contribution is -0.116. The number of carbonyl (C=O) groups excluding carboxylic acids is 1. The second-order valence-electron chi connectivity index (χ2n) is 4.99. The van der Waals surface area contributed by atoms with E-state index in [0.29, 0.717) is 17.1 Å². The second-order valence-corrected chi connectivity index (χ2v) is 4.99. The number of pyridine rings is 1. The lowest BCUT2D eigenvalue weighted by Crippen LogP contribution is -2.20. The van der Waals surface area contributed by atoms with Crippen LogP contribution in [0.1, 0.15) is 5.56 Å². The van der Waals surface area contributed by atoms with E-state index in [1.807, 2.05) is 0 Å². The molecule has 0 saturated heterocycles. The third kappa shape index (κ3) is 3.38. The van der Waals surface area contributed by atoms with Gasteiger partial charge in [-0.1, -0.05) is 6.58 Å². The average Bonchev–Trinajstić information content (AvgIpc) is 3.14. The maximum Gasteiger partial charge on any atom is 0.243 e. The zero-order valence-corrected chi connectivity index (χ0v) is 12.7. The van der Waals surface area contributed by atoms with Crippen LogP contribution < -0.4 is 5.32 Å². The first-order valence-corrected chi connectivity index (χ1v) is 7.22. The predicted octanol–water partition coefficient (Wildman–Crippen LogP) is 3.34. The van der Waals surface area contributed by atoms with Crippen LogP contribution in [0.2, 0.25) is 0 Å². The van der Waals surface area contributed by atoms with Crippen LogP contribution in [0.3, 0.4) is 0 Å². The molecule has 3 rings (SSSR count). The van der Waals surface area contributed by atoms with Gasteiger partial charge in [0.25, 0.3) is 0 Å². The van der Waals surface area contributed by atoms with Crippen LogP contribution in [-0.4, -0.2) is 15.9 Å². The minimum absolute atomic E-state index is 0.263. The summed E-state index contributed by atoms with van der Waals surface area (Å²) in [4.78, 5) is 19.9. The van der Waals surface area contributed by atoms with Crippen LogP contribution in [0, 0.1) is 5.82 Å². The Hall–Kier alpha value is -3.28. The summed E-state index contributed by atoms with van der Waals surface area (Å²) in [6, 6.07) is 7.85. The van der Waals surface area contributed by atoms with E-state index in [9.17, 15) is 9.18 Å². The lowest BCUT2D eigenvalue weighted by Gasteiger charge is -2.10. The maximum atomic E-state index is 13.1. The molecule has 1 amide bonds. The Balaban J connectivity index is 1.99. The average molecular weight is 323 g/mol. The van der Waals surface area contributed by atoms with Crippen molar-refractivity contribution in [2.24, 2.45) is 0 Å². The molecule has 1 N–H and O–H groups in total. The van der Waals surface area contributed by atoms with E-state index in [4.69, 9.17) is 4.42 Å². The molecule has 0 atom stereocenters. The normalized spacial score (nSPS) is 10.4. The molecule has 6 heteroatoms. The van der Waals surface area contributed by atoms with Crippen molar-refractivity contribution in [1.82, 2.24) is 15.3 Å². The minimum Gasteiger partial charge on any atom is -0.445 e. The van der Waals surface area contributed by atoms with Crippen molar-refractivity contribution in [2.75, 3.05) is 0 Å². The Morgan fingerprint density at radius 2 is 2.08 bits per heavy atom. The van der Waals surface area contributed by atoms with Crippen molar-refractivity contribution < 1.29 is 13.6 Å². The summed E-state index contributed by atoms with van der Waals surface area (Å²) in [5, 5.41) is 2.70. The first-order valence-electron chi connectivity index (χ1n) is 7.22. The fourth-order valence-corrected chi connectivity index (χ4v) is 2.21. The quantitative estimate of drug-likeness (QED) is 0.731. The molecule has 1 aromatic carbocycles. The fourth-order valence-electron chi connectivity index (χ4n) is 2.21. The standard InChI is InChI=1S/C18H14FN3O2/c1-2-17(23)22-11-13-10-21-16(12-3-5-14(19)6-4-12)9-15(13)18-20-7-8-24-18/h2-10H,1,11H2,(H,22,23). The maximum absolute atomic E-state index is 13.1. The fraction of sp³-hybridized carbons (Fsp3) is 0.0556. The van der Waals surface area contributed by atoms with Gasteiger partial charge in [-0.3, -0.25) is 9.78 Å². The molecule has 0 aliphatic rings. The molecule has 0 aliphatic heterocycles. The Kier molecular flexibility index (Phi) is 4.47. The topological polar surface area (TPSA) is 68.0 Å². The van der Waals surface area contributed by atoms with Crippen LogP contribution in [-0.2, 0) is 11.3 Å². The van der Waals surface area contributed by atoms with Crippen LogP contribution in [0.15, 0.2) is 66.1 Å². The van der Waals surface area contributed by atoms with Gasteiger partial charge < -0.3 is 9.73 Å². The van der Waals surface area contributed by atoms with Gasteiger partial charge in [-0.05, 0) is 36.4 Å². The van der Waals surface area contributed by atoms with Gasteiger partial charge in [-0.15, -0.1) is 0 Å². The highest BCUT2D eigenvalue weighted by atomic mass is 19.1. The van der Waals surface area contributed by atoms with Crippen LogP contribution in [0.25, 0.3) is 22.7 Å². The second kappa shape index (κ2) is 6.87. The van der Waals surface area contributed by atoms with Gasteiger partial charge in [0.1, 0.15) is 12.1 Å². The smallest absolute Gasteiger partial charge is 0.243 e. The van der Waals surface area contributed by atoms with Crippen LogP contribution in [0.5, 0.6) is 0 Å². The summed E-state index contributed by atoms with van der Waals surface area (Å²) >= 11 is 0. The van der Waals surface area contributed by atoms with Crippen molar-refractivity contribution in [1.29, 1.82) is 0 Å². The Morgan fingerprint density at radius 3 is 2.75 bits per heavy atom. The first kappa shape index (κ1) is 15.6. The van der Waals surface area contributed by atoms with E-state index in [0.717, 1.165) is 11.1 Å². The molecule has 0 spiro atoms. The molecule has 0 saturated carbocycles. The van der Waals surface area contributed by atoms with E-state index in [1.54, 1.807) is 30.6 Å². The van der Waals surface area contributed by atoms with Gasteiger partial charge in [0.15, 0.2) is 0 Å². The number of nitrogens with one attached hydrogen (secondary N) is 1. The Bertz CT molecular complexity index is 858. The molecule has 0 radical (unpaired) electrons. The number of aromatic nitrogens is 2. The number of rotatable bonds is 5. The van der Waals surface area contributed by atoms with Crippen molar-refractivity contribution in [3.8, 4) is 22.7 Å². The highest BCUT2D eigenvalue weighted by Crippen LogP contribution is 2.27. The Labute approximate surface area is 137 Å². The third-order valence-electron chi connectivity index (χ3n) is 3.43. The number of halogens is 1. The van der Waals surface area contributed by atoms with E-state index in [2.05, 4.69) is 21.9 Å². The number of hydrogen-bond acceptors (Lipinski definition) is 4. The third-order valence-corrected chi connectivity index (χ3v) is 3.43. The molecular weight excluding hydrogens is 309 g/mol. The van der Waals surface area contributed by atoms with Gasteiger partial charge >= 0.3 is 0 Å².